The molecule has 0 bridgehead atoms. The highest BCUT2D eigenvalue weighted by Crippen LogP contribution is 2.18. The van der Waals surface area contributed by atoms with Crippen LogP contribution in [0.4, 0.5) is 15.2 Å². The van der Waals surface area contributed by atoms with Crippen LogP contribution in [0.15, 0.2) is 18.2 Å². The summed E-state index contributed by atoms with van der Waals surface area (Å²) in [5.41, 5.74) is 0.190. The molecule has 2 N–H and O–H groups in total. The van der Waals surface area contributed by atoms with Gasteiger partial charge in [-0.15, -0.1) is 10.2 Å². The highest BCUT2D eigenvalue weighted by atomic mass is 32.1. The van der Waals surface area contributed by atoms with Gasteiger partial charge in [0.2, 0.25) is 10.1 Å². The van der Waals surface area contributed by atoms with Gasteiger partial charge in [0.1, 0.15) is 11.9 Å². The molecule has 0 saturated heterocycles. The number of amides is 1. The number of halogens is 1. The third-order valence-electron chi connectivity index (χ3n) is 2.18. The number of benzene rings is 1. The Morgan fingerprint density at radius 3 is 2.89 bits per heavy atom. The fourth-order valence-corrected chi connectivity index (χ4v) is 1.88. The lowest BCUT2D eigenvalue weighted by Gasteiger charge is -2.03. The summed E-state index contributed by atoms with van der Waals surface area (Å²) in [5, 5.41) is 22.1. The molecule has 0 fully saturated rings. The SMILES string of the molecule is CNc1nnc(C(=O)Nc2ccc(F)c(C#N)c2)s1. The van der Waals surface area contributed by atoms with E-state index in [4.69, 9.17) is 5.26 Å². The Bertz CT molecular complexity index is 663. The standard InChI is InChI=1S/C11H8FN5OS/c1-14-11-17-16-10(19-11)9(18)15-7-2-3-8(12)6(4-7)5-13/h2-4H,1H3,(H,14,17)(H,15,18). The van der Waals surface area contributed by atoms with Crippen molar-refractivity contribution in [1.82, 2.24) is 10.2 Å². The lowest BCUT2D eigenvalue weighted by Crippen LogP contribution is -2.11. The lowest BCUT2D eigenvalue weighted by molar-refractivity contribution is 0.102. The first-order valence-electron chi connectivity index (χ1n) is 5.16. The summed E-state index contributed by atoms with van der Waals surface area (Å²) in [6.45, 7) is 0. The number of anilines is 2. The summed E-state index contributed by atoms with van der Waals surface area (Å²) in [5.74, 6) is -1.09. The minimum atomic E-state index is -0.631. The van der Waals surface area contributed by atoms with E-state index >= 15 is 0 Å². The molecule has 1 heterocycles. The van der Waals surface area contributed by atoms with Crippen molar-refractivity contribution in [2.75, 3.05) is 17.7 Å². The molecule has 0 radical (unpaired) electrons. The first kappa shape index (κ1) is 12.9. The Morgan fingerprint density at radius 1 is 1.47 bits per heavy atom. The molecule has 0 spiro atoms. The monoisotopic (exact) mass is 277 g/mol. The quantitative estimate of drug-likeness (QED) is 0.893. The van der Waals surface area contributed by atoms with Crippen molar-refractivity contribution in [1.29, 1.82) is 5.26 Å². The van der Waals surface area contributed by atoms with Gasteiger partial charge in [0.05, 0.1) is 5.56 Å². The maximum atomic E-state index is 13.1. The fraction of sp³-hybridized carbons (Fsp3) is 0.0909. The maximum Gasteiger partial charge on any atom is 0.286 e. The number of hydrogen-bond donors (Lipinski definition) is 2. The maximum absolute atomic E-state index is 13.1. The Balaban J connectivity index is 2.17. The van der Waals surface area contributed by atoms with E-state index in [0.29, 0.717) is 10.8 Å². The molecule has 96 valence electrons. The normalized spacial score (nSPS) is 9.74. The van der Waals surface area contributed by atoms with Crippen molar-refractivity contribution in [2.45, 2.75) is 0 Å². The molecular formula is C11H8FN5OS. The summed E-state index contributed by atoms with van der Waals surface area (Å²) < 4.78 is 13.1. The molecule has 0 aliphatic rings. The Kier molecular flexibility index (Phi) is 3.68. The van der Waals surface area contributed by atoms with Gasteiger partial charge in [0.25, 0.3) is 5.91 Å². The Morgan fingerprint density at radius 2 is 2.26 bits per heavy atom. The first-order valence-corrected chi connectivity index (χ1v) is 5.98. The van der Waals surface area contributed by atoms with Gasteiger partial charge in [-0.05, 0) is 18.2 Å². The van der Waals surface area contributed by atoms with Crippen LogP contribution < -0.4 is 10.6 Å². The number of nitrogens with one attached hydrogen (secondary N) is 2. The van der Waals surface area contributed by atoms with Crippen molar-refractivity contribution in [2.24, 2.45) is 0 Å². The second kappa shape index (κ2) is 5.41. The average Bonchev–Trinajstić information content (AvgIpc) is 2.90. The molecule has 0 unspecified atom stereocenters. The summed E-state index contributed by atoms with van der Waals surface area (Å²) >= 11 is 1.09. The first-order chi connectivity index (χ1) is 9.13. The van der Waals surface area contributed by atoms with E-state index in [0.717, 1.165) is 17.4 Å². The minimum Gasteiger partial charge on any atom is -0.363 e. The van der Waals surface area contributed by atoms with Crippen molar-refractivity contribution in [3.8, 4) is 6.07 Å². The number of rotatable bonds is 3. The van der Waals surface area contributed by atoms with Gasteiger partial charge in [-0.25, -0.2) is 4.39 Å². The number of carbonyl (C=O) groups excluding carboxylic acids is 1. The average molecular weight is 277 g/mol. The predicted octanol–water partition coefficient (Wildman–Crippen LogP) is 1.84. The minimum absolute atomic E-state index is 0.133. The van der Waals surface area contributed by atoms with Crippen LogP contribution in [0.2, 0.25) is 0 Å². The topological polar surface area (TPSA) is 90.7 Å². The second-order valence-electron chi connectivity index (χ2n) is 3.42. The van der Waals surface area contributed by atoms with Crippen molar-refractivity contribution in [3.63, 3.8) is 0 Å². The summed E-state index contributed by atoms with van der Waals surface area (Å²) in [6.07, 6.45) is 0. The Hall–Kier alpha value is -2.53. The molecule has 0 aliphatic carbocycles. The third kappa shape index (κ3) is 2.83. The third-order valence-corrected chi connectivity index (χ3v) is 3.12. The van der Waals surface area contributed by atoms with E-state index < -0.39 is 11.7 Å². The van der Waals surface area contributed by atoms with Gasteiger partial charge in [0.15, 0.2) is 0 Å². The van der Waals surface area contributed by atoms with E-state index in [9.17, 15) is 9.18 Å². The molecular weight excluding hydrogens is 269 g/mol. The van der Waals surface area contributed by atoms with Gasteiger partial charge in [-0.2, -0.15) is 5.26 Å². The molecule has 19 heavy (non-hydrogen) atoms. The Labute approximate surface area is 111 Å². The molecule has 0 aliphatic heterocycles. The zero-order chi connectivity index (χ0) is 13.8. The fourth-order valence-electron chi connectivity index (χ4n) is 1.29. The van der Waals surface area contributed by atoms with Gasteiger partial charge >= 0.3 is 0 Å². The number of aromatic nitrogens is 2. The van der Waals surface area contributed by atoms with Gasteiger partial charge in [-0.3, -0.25) is 4.79 Å². The van der Waals surface area contributed by atoms with Gasteiger partial charge in [0, 0.05) is 12.7 Å². The van der Waals surface area contributed by atoms with Crippen LogP contribution in [0.5, 0.6) is 0 Å². The molecule has 6 nitrogen and oxygen atoms in total. The van der Waals surface area contributed by atoms with E-state index in [2.05, 4.69) is 20.8 Å². The lowest BCUT2D eigenvalue weighted by atomic mass is 10.2. The van der Waals surface area contributed by atoms with Crippen molar-refractivity contribution < 1.29 is 9.18 Å². The van der Waals surface area contributed by atoms with E-state index in [1.54, 1.807) is 13.1 Å². The molecule has 1 aromatic carbocycles. The van der Waals surface area contributed by atoms with Crippen LogP contribution in [-0.4, -0.2) is 23.2 Å². The molecule has 1 amide bonds. The highest BCUT2D eigenvalue weighted by molar-refractivity contribution is 7.17. The molecule has 0 saturated carbocycles. The zero-order valence-corrected chi connectivity index (χ0v) is 10.6. The van der Waals surface area contributed by atoms with Crippen LogP contribution in [0.25, 0.3) is 0 Å². The smallest absolute Gasteiger partial charge is 0.286 e. The summed E-state index contributed by atoms with van der Waals surface area (Å²) in [7, 11) is 1.67. The molecule has 1 aromatic heterocycles. The summed E-state index contributed by atoms with van der Waals surface area (Å²) in [6, 6.07) is 5.44. The van der Waals surface area contributed by atoms with E-state index in [1.165, 1.54) is 12.1 Å². The van der Waals surface area contributed by atoms with Crippen LogP contribution >= 0.6 is 11.3 Å². The second-order valence-corrected chi connectivity index (χ2v) is 4.40. The highest BCUT2D eigenvalue weighted by Gasteiger charge is 2.13. The van der Waals surface area contributed by atoms with E-state index in [1.807, 2.05) is 0 Å². The largest absolute Gasteiger partial charge is 0.363 e. The molecule has 0 atom stereocenters. The molecule has 8 heteroatoms. The number of carbonyl (C=O) groups is 1. The summed E-state index contributed by atoms with van der Waals surface area (Å²) in [4.78, 5) is 11.8. The van der Waals surface area contributed by atoms with E-state index in [-0.39, 0.29) is 10.6 Å². The molecule has 2 aromatic rings. The van der Waals surface area contributed by atoms with Gasteiger partial charge < -0.3 is 10.6 Å². The van der Waals surface area contributed by atoms with Gasteiger partial charge in [-0.1, -0.05) is 11.3 Å². The van der Waals surface area contributed by atoms with Crippen molar-refractivity contribution >= 4 is 28.1 Å². The predicted molar refractivity (Wildman–Crippen MR) is 68.5 cm³/mol. The molecule has 2 rings (SSSR count). The van der Waals surface area contributed by atoms with Crippen LogP contribution in [0.3, 0.4) is 0 Å². The number of hydrogen-bond acceptors (Lipinski definition) is 6. The number of nitriles is 1. The van der Waals surface area contributed by atoms with Crippen LogP contribution in [-0.2, 0) is 0 Å². The zero-order valence-electron chi connectivity index (χ0n) is 9.77. The van der Waals surface area contributed by atoms with Crippen LogP contribution in [0, 0.1) is 17.1 Å². The van der Waals surface area contributed by atoms with Crippen LogP contribution in [0.1, 0.15) is 15.4 Å². The van der Waals surface area contributed by atoms with Crippen molar-refractivity contribution in [3.05, 3.63) is 34.6 Å². The number of nitrogens with zero attached hydrogens (tertiary/aromatic N) is 3.